The monoisotopic (exact) mass is 277 g/mol. The number of H-pyrrole nitrogens is 1. The summed E-state index contributed by atoms with van der Waals surface area (Å²) in [6, 6.07) is 6.83. The number of nitrogens with zero attached hydrogens (tertiary/aromatic N) is 1. The van der Waals surface area contributed by atoms with Crippen molar-refractivity contribution in [2.24, 2.45) is 0 Å². The largest absolute Gasteiger partial charge is 0.416 e. The molecule has 2 aromatic heterocycles. The van der Waals surface area contributed by atoms with Gasteiger partial charge in [0, 0.05) is 34.5 Å². The van der Waals surface area contributed by atoms with E-state index in [0.29, 0.717) is 27.8 Å². The van der Waals surface area contributed by atoms with Gasteiger partial charge in [-0.3, -0.25) is 4.98 Å². The summed E-state index contributed by atoms with van der Waals surface area (Å²) in [7, 11) is 0. The smallest absolute Gasteiger partial charge is 0.399 e. The number of aromatic nitrogens is 2. The Balaban J connectivity index is 2.22. The van der Waals surface area contributed by atoms with Gasteiger partial charge in [-0.15, -0.1) is 0 Å². The van der Waals surface area contributed by atoms with Gasteiger partial charge in [0.05, 0.1) is 11.3 Å². The molecule has 0 aliphatic rings. The average molecular weight is 277 g/mol. The molecule has 0 aliphatic carbocycles. The molecule has 3 rings (SSSR count). The van der Waals surface area contributed by atoms with Crippen molar-refractivity contribution in [1.29, 1.82) is 0 Å². The van der Waals surface area contributed by atoms with Crippen molar-refractivity contribution >= 4 is 16.6 Å². The highest BCUT2D eigenvalue weighted by atomic mass is 19.4. The summed E-state index contributed by atoms with van der Waals surface area (Å²) in [6.45, 7) is 0. The summed E-state index contributed by atoms with van der Waals surface area (Å²) >= 11 is 0. The fourth-order valence-corrected chi connectivity index (χ4v) is 2.10. The number of benzene rings is 1. The van der Waals surface area contributed by atoms with Gasteiger partial charge in [0.2, 0.25) is 0 Å². The molecule has 0 amide bonds. The Morgan fingerprint density at radius 2 is 1.90 bits per heavy atom. The molecular weight excluding hydrogens is 267 g/mol. The molecule has 3 nitrogen and oxygen atoms in total. The van der Waals surface area contributed by atoms with Crippen LogP contribution in [0.4, 0.5) is 18.9 Å². The highest BCUT2D eigenvalue weighted by Crippen LogP contribution is 2.34. The van der Waals surface area contributed by atoms with Crippen LogP contribution in [0.2, 0.25) is 0 Å². The van der Waals surface area contributed by atoms with E-state index in [1.807, 2.05) is 0 Å². The molecular formula is C14H10F3N3. The molecule has 0 saturated heterocycles. The second-order valence-corrected chi connectivity index (χ2v) is 4.43. The van der Waals surface area contributed by atoms with Gasteiger partial charge in [0.15, 0.2) is 0 Å². The second kappa shape index (κ2) is 4.26. The number of fused-ring (bicyclic) bond motifs is 1. The predicted molar refractivity (Wildman–Crippen MR) is 70.9 cm³/mol. The Bertz CT molecular complexity index is 775. The van der Waals surface area contributed by atoms with Gasteiger partial charge in [-0.2, -0.15) is 13.2 Å². The van der Waals surface area contributed by atoms with E-state index in [0.717, 1.165) is 12.1 Å². The summed E-state index contributed by atoms with van der Waals surface area (Å²) < 4.78 is 38.3. The third kappa shape index (κ3) is 2.09. The maximum atomic E-state index is 12.8. The van der Waals surface area contributed by atoms with Gasteiger partial charge < -0.3 is 10.7 Å². The number of nitrogens with two attached hydrogens (primary N) is 1. The molecule has 0 fully saturated rings. The van der Waals surface area contributed by atoms with E-state index >= 15 is 0 Å². The fraction of sp³-hybridized carbons (Fsp3) is 0.0714. The number of hydrogen-bond donors (Lipinski definition) is 2. The Morgan fingerprint density at radius 3 is 2.60 bits per heavy atom. The highest BCUT2D eigenvalue weighted by molar-refractivity contribution is 5.95. The van der Waals surface area contributed by atoms with Crippen molar-refractivity contribution in [3.05, 3.63) is 48.3 Å². The molecule has 0 spiro atoms. The van der Waals surface area contributed by atoms with Crippen LogP contribution in [0.15, 0.2) is 42.7 Å². The summed E-state index contributed by atoms with van der Waals surface area (Å²) in [5.41, 5.74) is 7.26. The van der Waals surface area contributed by atoms with E-state index < -0.39 is 11.7 Å². The van der Waals surface area contributed by atoms with Gasteiger partial charge in [0.25, 0.3) is 0 Å². The van der Waals surface area contributed by atoms with E-state index in [9.17, 15) is 13.2 Å². The first-order valence-corrected chi connectivity index (χ1v) is 5.85. The van der Waals surface area contributed by atoms with Gasteiger partial charge in [-0.05, 0) is 30.3 Å². The van der Waals surface area contributed by atoms with Crippen molar-refractivity contribution < 1.29 is 13.2 Å². The summed E-state index contributed by atoms with van der Waals surface area (Å²) in [5, 5.41) is 0.470. The van der Waals surface area contributed by atoms with Crippen LogP contribution in [-0.4, -0.2) is 9.97 Å². The van der Waals surface area contributed by atoms with Gasteiger partial charge >= 0.3 is 6.18 Å². The van der Waals surface area contributed by atoms with Crippen LogP contribution in [0.1, 0.15) is 5.56 Å². The van der Waals surface area contributed by atoms with E-state index in [2.05, 4.69) is 9.97 Å². The molecule has 0 saturated carbocycles. The molecule has 0 radical (unpaired) electrons. The molecule has 102 valence electrons. The molecule has 6 heteroatoms. The van der Waals surface area contributed by atoms with E-state index in [-0.39, 0.29) is 0 Å². The third-order valence-corrected chi connectivity index (χ3v) is 3.07. The lowest BCUT2D eigenvalue weighted by Gasteiger charge is -2.07. The number of nitrogens with one attached hydrogen (secondary N) is 1. The number of aromatic amines is 1. The van der Waals surface area contributed by atoms with Crippen LogP contribution in [0.3, 0.4) is 0 Å². The lowest BCUT2D eigenvalue weighted by atomic mass is 10.1. The van der Waals surface area contributed by atoms with E-state index in [1.54, 1.807) is 18.3 Å². The van der Waals surface area contributed by atoms with Crippen LogP contribution < -0.4 is 5.73 Å². The third-order valence-electron chi connectivity index (χ3n) is 3.07. The quantitative estimate of drug-likeness (QED) is 0.710. The van der Waals surface area contributed by atoms with Crippen LogP contribution in [-0.2, 0) is 6.18 Å². The Labute approximate surface area is 112 Å². The van der Waals surface area contributed by atoms with Crippen molar-refractivity contribution in [2.45, 2.75) is 6.18 Å². The standard InChI is InChI=1S/C14H10F3N3/c15-14(16,17)8-1-2-12-10(5-8)11(7-20-12)13-6-9(18)3-4-19-13/h1-7,20H,(H2,18,19). The number of halogens is 3. The SMILES string of the molecule is Nc1ccnc(-c2c[nH]c3ccc(C(F)(F)F)cc23)c1. The normalized spacial score (nSPS) is 11.9. The first kappa shape index (κ1) is 12.5. The first-order chi connectivity index (χ1) is 9.45. The zero-order valence-corrected chi connectivity index (χ0v) is 10.2. The first-order valence-electron chi connectivity index (χ1n) is 5.85. The lowest BCUT2D eigenvalue weighted by molar-refractivity contribution is -0.137. The number of nitrogen functional groups attached to an aromatic ring is 1. The number of hydrogen-bond acceptors (Lipinski definition) is 2. The predicted octanol–water partition coefficient (Wildman–Crippen LogP) is 3.83. The van der Waals surface area contributed by atoms with E-state index in [4.69, 9.17) is 5.73 Å². The minimum absolute atomic E-state index is 0.470. The van der Waals surface area contributed by atoms with Crippen LogP contribution >= 0.6 is 0 Å². The molecule has 0 unspecified atom stereocenters. The number of pyridine rings is 1. The van der Waals surface area contributed by atoms with Crippen LogP contribution in [0, 0.1) is 0 Å². The van der Waals surface area contributed by atoms with Gasteiger partial charge in [-0.1, -0.05) is 0 Å². The molecule has 0 atom stereocenters. The Kier molecular flexibility index (Phi) is 2.67. The van der Waals surface area contributed by atoms with E-state index in [1.165, 1.54) is 12.3 Å². The summed E-state index contributed by atoms with van der Waals surface area (Å²) in [6.07, 6.45) is -1.21. The number of alkyl halides is 3. The fourth-order valence-electron chi connectivity index (χ4n) is 2.10. The minimum Gasteiger partial charge on any atom is -0.399 e. The Hall–Kier alpha value is -2.50. The second-order valence-electron chi connectivity index (χ2n) is 4.43. The van der Waals surface area contributed by atoms with Crippen molar-refractivity contribution in [3.8, 4) is 11.3 Å². The zero-order chi connectivity index (χ0) is 14.3. The van der Waals surface area contributed by atoms with Gasteiger partial charge in [0.1, 0.15) is 0 Å². The highest BCUT2D eigenvalue weighted by Gasteiger charge is 2.30. The van der Waals surface area contributed by atoms with Crippen molar-refractivity contribution in [2.75, 3.05) is 5.73 Å². The number of anilines is 1. The van der Waals surface area contributed by atoms with Crippen molar-refractivity contribution in [3.63, 3.8) is 0 Å². The molecule has 2 heterocycles. The topological polar surface area (TPSA) is 54.7 Å². The molecule has 1 aromatic carbocycles. The molecule has 3 aromatic rings. The lowest BCUT2D eigenvalue weighted by Crippen LogP contribution is -2.04. The average Bonchev–Trinajstić information content (AvgIpc) is 2.80. The number of rotatable bonds is 1. The maximum Gasteiger partial charge on any atom is 0.416 e. The molecule has 20 heavy (non-hydrogen) atoms. The Morgan fingerprint density at radius 1 is 1.10 bits per heavy atom. The van der Waals surface area contributed by atoms with Gasteiger partial charge in [-0.25, -0.2) is 0 Å². The molecule has 0 bridgehead atoms. The molecule has 0 aliphatic heterocycles. The van der Waals surface area contributed by atoms with Crippen LogP contribution in [0.5, 0.6) is 0 Å². The summed E-state index contributed by atoms with van der Waals surface area (Å²) in [5.74, 6) is 0. The maximum absolute atomic E-state index is 12.8. The zero-order valence-electron chi connectivity index (χ0n) is 10.2. The van der Waals surface area contributed by atoms with Crippen LogP contribution in [0.25, 0.3) is 22.2 Å². The molecule has 3 N–H and O–H groups in total. The minimum atomic E-state index is -4.37. The summed E-state index contributed by atoms with van der Waals surface area (Å²) in [4.78, 5) is 7.08. The van der Waals surface area contributed by atoms with Crippen molar-refractivity contribution in [1.82, 2.24) is 9.97 Å².